The van der Waals surface area contributed by atoms with Gasteiger partial charge < -0.3 is 5.32 Å². The average molecular weight is 189 g/mol. The first-order valence-corrected chi connectivity index (χ1v) is 5.19. The second kappa shape index (κ2) is 6.35. The van der Waals surface area contributed by atoms with E-state index in [1.54, 1.807) is 0 Å². The highest BCUT2D eigenvalue weighted by atomic mass is 32.1. The number of hydrogen-bond donors (Lipinski definition) is 2. The maximum atomic E-state index is 11.0. The van der Waals surface area contributed by atoms with Crippen molar-refractivity contribution in [2.75, 3.05) is 5.75 Å². The van der Waals surface area contributed by atoms with Crippen molar-refractivity contribution >= 4 is 18.5 Å². The Morgan fingerprint density at radius 1 is 1.42 bits per heavy atom. The van der Waals surface area contributed by atoms with Crippen LogP contribution in [-0.2, 0) is 4.79 Å². The lowest BCUT2D eigenvalue weighted by atomic mass is 9.95. The third-order valence-electron chi connectivity index (χ3n) is 2.29. The Bertz CT molecular complexity index is 134. The van der Waals surface area contributed by atoms with Crippen molar-refractivity contribution in [2.24, 2.45) is 5.92 Å². The summed E-state index contributed by atoms with van der Waals surface area (Å²) in [5.41, 5.74) is 0. The van der Waals surface area contributed by atoms with Crippen LogP contribution in [0.5, 0.6) is 0 Å². The van der Waals surface area contributed by atoms with E-state index in [-0.39, 0.29) is 17.7 Å². The van der Waals surface area contributed by atoms with Crippen LogP contribution in [0.15, 0.2) is 0 Å². The summed E-state index contributed by atoms with van der Waals surface area (Å²) in [6.07, 6.45) is 2.23. The fourth-order valence-electron chi connectivity index (χ4n) is 1.41. The standard InChI is InChI=1S/C9H19NOS/c1-4-8(5-2)7(3)10-9(11)6-12/h7-8,12H,4-6H2,1-3H3,(H,10,11). The highest BCUT2D eigenvalue weighted by Gasteiger charge is 2.14. The molecule has 0 heterocycles. The van der Waals surface area contributed by atoms with E-state index in [1.807, 2.05) is 0 Å². The number of rotatable bonds is 5. The maximum absolute atomic E-state index is 11.0. The summed E-state index contributed by atoms with van der Waals surface area (Å²) in [6.45, 7) is 6.36. The molecule has 0 aliphatic rings. The van der Waals surface area contributed by atoms with Crippen LogP contribution >= 0.6 is 12.6 Å². The molecule has 1 amide bonds. The van der Waals surface area contributed by atoms with Gasteiger partial charge in [0.25, 0.3) is 0 Å². The fraction of sp³-hybridized carbons (Fsp3) is 0.889. The molecule has 0 aromatic rings. The Labute approximate surface area is 80.5 Å². The predicted octanol–water partition coefficient (Wildman–Crippen LogP) is 1.86. The first-order chi connectivity index (χ1) is 5.65. The topological polar surface area (TPSA) is 29.1 Å². The molecule has 0 fully saturated rings. The normalized spacial score (nSPS) is 13.1. The van der Waals surface area contributed by atoms with E-state index < -0.39 is 0 Å². The molecule has 0 aromatic carbocycles. The van der Waals surface area contributed by atoms with Gasteiger partial charge in [-0.3, -0.25) is 4.79 Å². The molecule has 12 heavy (non-hydrogen) atoms. The molecule has 72 valence electrons. The lowest BCUT2D eigenvalue weighted by molar-refractivity contribution is -0.119. The van der Waals surface area contributed by atoms with E-state index in [0.29, 0.717) is 5.92 Å². The molecule has 0 saturated carbocycles. The van der Waals surface area contributed by atoms with E-state index in [2.05, 4.69) is 38.7 Å². The molecule has 0 rings (SSSR count). The van der Waals surface area contributed by atoms with Gasteiger partial charge in [0, 0.05) is 6.04 Å². The summed E-state index contributed by atoms with van der Waals surface area (Å²) >= 11 is 3.91. The Hall–Kier alpha value is -0.180. The van der Waals surface area contributed by atoms with Crippen molar-refractivity contribution in [3.63, 3.8) is 0 Å². The van der Waals surface area contributed by atoms with Crippen molar-refractivity contribution in [2.45, 2.75) is 39.7 Å². The van der Waals surface area contributed by atoms with Crippen LogP contribution in [0.25, 0.3) is 0 Å². The van der Waals surface area contributed by atoms with Crippen LogP contribution in [0.1, 0.15) is 33.6 Å². The molecule has 0 spiro atoms. The van der Waals surface area contributed by atoms with E-state index in [1.165, 1.54) is 0 Å². The minimum atomic E-state index is 0.0257. The zero-order valence-corrected chi connectivity index (χ0v) is 9.03. The van der Waals surface area contributed by atoms with Crippen LogP contribution in [0, 0.1) is 5.92 Å². The summed E-state index contributed by atoms with van der Waals surface area (Å²) < 4.78 is 0. The van der Waals surface area contributed by atoms with Gasteiger partial charge in [-0.2, -0.15) is 12.6 Å². The number of amides is 1. The van der Waals surface area contributed by atoms with Crippen LogP contribution in [-0.4, -0.2) is 17.7 Å². The van der Waals surface area contributed by atoms with Crippen LogP contribution in [0.2, 0.25) is 0 Å². The van der Waals surface area contributed by atoms with Gasteiger partial charge >= 0.3 is 0 Å². The molecule has 1 atom stereocenters. The highest BCUT2D eigenvalue weighted by Crippen LogP contribution is 2.12. The Morgan fingerprint density at radius 3 is 2.25 bits per heavy atom. The molecule has 2 nitrogen and oxygen atoms in total. The highest BCUT2D eigenvalue weighted by molar-refractivity contribution is 7.81. The molecular formula is C9H19NOS. The third-order valence-corrected chi connectivity index (χ3v) is 2.58. The molecule has 0 bridgehead atoms. The molecule has 3 heteroatoms. The summed E-state index contributed by atoms with van der Waals surface area (Å²) in [7, 11) is 0. The minimum absolute atomic E-state index is 0.0257. The summed E-state index contributed by atoms with van der Waals surface area (Å²) in [5, 5.41) is 2.92. The molecule has 0 aliphatic carbocycles. The van der Waals surface area contributed by atoms with Crippen molar-refractivity contribution in [3.8, 4) is 0 Å². The van der Waals surface area contributed by atoms with Gasteiger partial charge in [-0.1, -0.05) is 26.7 Å². The number of nitrogens with one attached hydrogen (secondary N) is 1. The fourth-order valence-corrected chi connectivity index (χ4v) is 1.50. The van der Waals surface area contributed by atoms with Gasteiger partial charge in [0.2, 0.25) is 5.91 Å². The van der Waals surface area contributed by atoms with Gasteiger partial charge in [-0.25, -0.2) is 0 Å². The van der Waals surface area contributed by atoms with E-state index in [9.17, 15) is 4.79 Å². The lowest BCUT2D eigenvalue weighted by Crippen LogP contribution is -2.38. The summed E-state index contributed by atoms with van der Waals surface area (Å²) in [4.78, 5) is 11.0. The largest absolute Gasteiger partial charge is 0.353 e. The molecule has 0 radical (unpaired) electrons. The second-order valence-corrected chi connectivity index (χ2v) is 3.41. The summed E-state index contributed by atoms with van der Waals surface area (Å²) in [5.74, 6) is 0.899. The molecule has 0 saturated heterocycles. The Morgan fingerprint density at radius 2 is 1.92 bits per heavy atom. The molecule has 1 unspecified atom stereocenters. The van der Waals surface area contributed by atoms with Gasteiger partial charge in [0.05, 0.1) is 5.75 Å². The molecular weight excluding hydrogens is 170 g/mol. The van der Waals surface area contributed by atoms with Gasteiger partial charge in [-0.15, -0.1) is 0 Å². The van der Waals surface area contributed by atoms with Crippen molar-refractivity contribution in [1.82, 2.24) is 5.32 Å². The first kappa shape index (κ1) is 11.8. The smallest absolute Gasteiger partial charge is 0.229 e. The van der Waals surface area contributed by atoms with Gasteiger partial charge in [0.1, 0.15) is 0 Å². The zero-order valence-electron chi connectivity index (χ0n) is 8.13. The number of thiol groups is 1. The van der Waals surface area contributed by atoms with Crippen molar-refractivity contribution in [1.29, 1.82) is 0 Å². The average Bonchev–Trinajstić information content (AvgIpc) is 2.06. The number of hydrogen-bond acceptors (Lipinski definition) is 2. The SMILES string of the molecule is CCC(CC)C(C)NC(=O)CS. The van der Waals surface area contributed by atoms with Crippen molar-refractivity contribution in [3.05, 3.63) is 0 Å². The van der Waals surface area contributed by atoms with Crippen LogP contribution < -0.4 is 5.32 Å². The van der Waals surface area contributed by atoms with Crippen LogP contribution in [0.4, 0.5) is 0 Å². The summed E-state index contributed by atoms with van der Waals surface area (Å²) in [6, 6.07) is 0.277. The lowest BCUT2D eigenvalue weighted by Gasteiger charge is -2.21. The Kier molecular flexibility index (Phi) is 6.25. The zero-order chi connectivity index (χ0) is 9.56. The van der Waals surface area contributed by atoms with Crippen LogP contribution in [0.3, 0.4) is 0 Å². The minimum Gasteiger partial charge on any atom is -0.353 e. The van der Waals surface area contributed by atoms with E-state index in [4.69, 9.17) is 0 Å². The van der Waals surface area contributed by atoms with Gasteiger partial charge in [0.15, 0.2) is 0 Å². The van der Waals surface area contributed by atoms with Crippen molar-refractivity contribution < 1.29 is 4.79 Å². The van der Waals surface area contributed by atoms with E-state index >= 15 is 0 Å². The number of carbonyl (C=O) groups excluding carboxylic acids is 1. The molecule has 0 aliphatic heterocycles. The Balaban J connectivity index is 3.83. The quantitative estimate of drug-likeness (QED) is 0.635. The predicted molar refractivity (Wildman–Crippen MR) is 55.5 cm³/mol. The van der Waals surface area contributed by atoms with Gasteiger partial charge in [-0.05, 0) is 12.8 Å². The third kappa shape index (κ3) is 4.00. The molecule has 1 N–H and O–H groups in total. The number of carbonyl (C=O) groups is 1. The second-order valence-electron chi connectivity index (χ2n) is 3.09. The van der Waals surface area contributed by atoms with E-state index in [0.717, 1.165) is 12.8 Å². The maximum Gasteiger partial charge on any atom is 0.229 e. The monoisotopic (exact) mass is 189 g/mol. The molecule has 0 aromatic heterocycles. The first-order valence-electron chi connectivity index (χ1n) is 4.55.